The maximum atomic E-state index is 11.8. The monoisotopic (exact) mass is 385 g/mol. The van der Waals surface area contributed by atoms with E-state index >= 15 is 0 Å². The normalized spacial score (nSPS) is 13.5. The highest BCUT2D eigenvalue weighted by Crippen LogP contribution is 2.14. The third-order valence-corrected chi connectivity index (χ3v) is 5.37. The van der Waals surface area contributed by atoms with E-state index in [4.69, 9.17) is 0 Å². The molecule has 2 unspecified atom stereocenters. The zero-order chi connectivity index (χ0) is 20.2. The van der Waals surface area contributed by atoms with Crippen LogP contribution in [0, 0.1) is 0 Å². The van der Waals surface area contributed by atoms with Crippen LogP contribution >= 0.6 is 0 Å². The van der Waals surface area contributed by atoms with E-state index in [2.05, 4.69) is 19.2 Å². The van der Waals surface area contributed by atoms with Gasteiger partial charge < -0.3 is 15.5 Å². The lowest BCUT2D eigenvalue weighted by atomic mass is 10.0. The molecule has 2 atom stereocenters. The lowest BCUT2D eigenvalue weighted by Crippen LogP contribution is -2.45. The van der Waals surface area contributed by atoms with E-state index < -0.39 is 12.1 Å². The summed E-state index contributed by atoms with van der Waals surface area (Å²) in [6.07, 6.45) is 19.0. The van der Waals surface area contributed by atoms with Crippen molar-refractivity contribution < 1.29 is 15.0 Å². The molecular formula is C23H47NO3. The van der Waals surface area contributed by atoms with Gasteiger partial charge in [0, 0.05) is 6.42 Å². The van der Waals surface area contributed by atoms with Gasteiger partial charge in [0.2, 0.25) is 5.91 Å². The van der Waals surface area contributed by atoms with Gasteiger partial charge in [-0.05, 0) is 12.8 Å². The Bertz CT molecular complexity index is 323. The fourth-order valence-corrected chi connectivity index (χ4v) is 3.47. The Morgan fingerprint density at radius 3 is 1.67 bits per heavy atom. The maximum Gasteiger partial charge on any atom is 0.220 e. The number of unbranched alkanes of at least 4 members (excludes halogenated alkanes) is 13. The summed E-state index contributed by atoms with van der Waals surface area (Å²) in [6.45, 7) is 4.17. The van der Waals surface area contributed by atoms with E-state index in [-0.39, 0.29) is 12.5 Å². The molecular weight excluding hydrogens is 338 g/mol. The Morgan fingerprint density at radius 1 is 0.741 bits per heavy atom. The number of aliphatic hydroxyl groups is 2. The van der Waals surface area contributed by atoms with Crippen molar-refractivity contribution in [3.63, 3.8) is 0 Å². The summed E-state index contributed by atoms with van der Waals surface area (Å²) in [7, 11) is 0. The topological polar surface area (TPSA) is 69.6 Å². The van der Waals surface area contributed by atoms with Crippen LogP contribution in [0.25, 0.3) is 0 Å². The fraction of sp³-hybridized carbons (Fsp3) is 0.957. The first-order valence-electron chi connectivity index (χ1n) is 11.7. The molecule has 0 fully saturated rings. The SMILES string of the molecule is CCCCCCCCCCCCCCC(O)C(CO)NC(=O)CCCCC. The van der Waals surface area contributed by atoms with Gasteiger partial charge in [0.05, 0.1) is 18.8 Å². The maximum absolute atomic E-state index is 11.8. The largest absolute Gasteiger partial charge is 0.394 e. The van der Waals surface area contributed by atoms with Crippen molar-refractivity contribution in [1.29, 1.82) is 0 Å². The number of hydrogen-bond donors (Lipinski definition) is 3. The highest BCUT2D eigenvalue weighted by atomic mass is 16.3. The van der Waals surface area contributed by atoms with E-state index in [1.165, 1.54) is 64.2 Å². The van der Waals surface area contributed by atoms with E-state index in [0.29, 0.717) is 12.8 Å². The summed E-state index contributed by atoms with van der Waals surface area (Å²) in [6, 6.07) is -0.521. The number of carbonyl (C=O) groups is 1. The second-order valence-corrected chi connectivity index (χ2v) is 8.06. The Kier molecular flexibility index (Phi) is 19.7. The molecule has 0 aliphatic carbocycles. The van der Waals surface area contributed by atoms with Crippen LogP contribution < -0.4 is 5.32 Å². The molecule has 4 nitrogen and oxygen atoms in total. The molecule has 0 aromatic heterocycles. The Morgan fingerprint density at radius 2 is 1.19 bits per heavy atom. The van der Waals surface area contributed by atoms with Crippen LogP contribution in [0.2, 0.25) is 0 Å². The zero-order valence-electron chi connectivity index (χ0n) is 18.2. The van der Waals surface area contributed by atoms with Gasteiger partial charge in [-0.3, -0.25) is 4.79 Å². The van der Waals surface area contributed by atoms with Crippen LogP contribution in [-0.2, 0) is 4.79 Å². The second kappa shape index (κ2) is 20.1. The number of aliphatic hydroxyl groups excluding tert-OH is 2. The number of amides is 1. The minimum atomic E-state index is -0.645. The summed E-state index contributed by atoms with van der Waals surface area (Å²) in [5, 5.41) is 22.4. The quantitative estimate of drug-likeness (QED) is 0.242. The van der Waals surface area contributed by atoms with Gasteiger partial charge in [0.25, 0.3) is 0 Å². The van der Waals surface area contributed by atoms with Gasteiger partial charge >= 0.3 is 0 Å². The first kappa shape index (κ1) is 26.4. The van der Waals surface area contributed by atoms with E-state index in [9.17, 15) is 15.0 Å². The smallest absolute Gasteiger partial charge is 0.220 e. The molecule has 0 aromatic rings. The Balaban J connectivity index is 3.56. The molecule has 162 valence electrons. The Hall–Kier alpha value is -0.610. The van der Waals surface area contributed by atoms with Crippen molar-refractivity contribution in [2.45, 2.75) is 135 Å². The van der Waals surface area contributed by atoms with Crippen molar-refractivity contribution in [3.05, 3.63) is 0 Å². The number of nitrogens with one attached hydrogen (secondary N) is 1. The van der Waals surface area contributed by atoms with E-state index in [1.807, 2.05) is 0 Å². The molecule has 0 radical (unpaired) electrons. The molecule has 0 rings (SSSR count). The van der Waals surface area contributed by atoms with Gasteiger partial charge in [-0.1, -0.05) is 104 Å². The standard InChI is InChI=1S/C23H47NO3/c1-3-5-7-8-9-10-11-12-13-14-15-17-18-22(26)21(20-25)24-23(27)19-16-6-4-2/h21-22,25-26H,3-20H2,1-2H3,(H,24,27). The molecule has 0 saturated carbocycles. The van der Waals surface area contributed by atoms with Crippen molar-refractivity contribution in [3.8, 4) is 0 Å². The first-order chi connectivity index (χ1) is 13.2. The molecule has 27 heavy (non-hydrogen) atoms. The number of rotatable bonds is 20. The lowest BCUT2D eigenvalue weighted by Gasteiger charge is -2.22. The summed E-state index contributed by atoms with van der Waals surface area (Å²) in [4.78, 5) is 11.8. The summed E-state index contributed by atoms with van der Waals surface area (Å²) < 4.78 is 0. The van der Waals surface area contributed by atoms with Gasteiger partial charge in [-0.25, -0.2) is 0 Å². The molecule has 1 amide bonds. The molecule has 0 aliphatic rings. The second-order valence-electron chi connectivity index (χ2n) is 8.06. The molecule has 0 bridgehead atoms. The van der Waals surface area contributed by atoms with Crippen LogP contribution in [0.15, 0.2) is 0 Å². The first-order valence-corrected chi connectivity index (χ1v) is 11.7. The number of hydrogen-bond acceptors (Lipinski definition) is 3. The van der Waals surface area contributed by atoms with Gasteiger partial charge in [0.1, 0.15) is 0 Å². The minimum Gasteiger partial charge on any atom is -0.394 e. The molecule has 0 aliphatic heterocycles. The van der Waals surface area contributed by atoms with Crippen LogP contribution in [0.3, 0.4) is 0 Å². The summed E-state index contributed by atoms with van der Waals surface area (Å²) in [5.74, 6) is -0.0590. The predicted octanol–water partition coefficient (Wildman–Crippen LogP) is 5.50. The van der Waals surface area contributed by atoms with Crippen LogP contribution in [0.5, 0.6) is 0 Å². The number of carbonyl (C=O) groups excluding carboxylic acids is 1. The lowest BCUT2D eigenvalue weighted by molar-refractivity contribution is -0.123. The van der Waals surface area contributed by atoms with E-state index in [0.717, 1.165) is 32.1 Å². The third kappa shape index (κ3) is 17.2. The van der Waals surface area contributed by atoms with Gasteiger partial charge in [-0.2, -0.15) is 0 Å². The average Bonchev–Trinajstić information content (AvgIpc) is 2.67. The average molecular weight is 386 g/mol. The van der Waals surface area contributed by atoms with Crippen LogP contribution in [0.1, 0.15) is 123 Å². The molecule has 4 heteroatoms. The zero-order valence-corrected chi connectivity index (χ0v) is 18.2. The highest BCUT2D eigenvalue weighted by Gasteiger charge is 2.19. The van der Waals surface area contributed by atoms with Crippen molar-refractivity contribution in [2.24, 2.45) is 0 Å². The third-order valence-electron chi connectivity index (χ3n) is 5.37. The Labute approximate surface area is 168 Å². The highest BCUT2D eigenvalue weighted by molar-refractivity contribution is 5.76. The molecule has 0 heterocycles. The van der Waals surface area contributed by atoms with Crippen molar-refractivity contribution in [2.75, 3.05) is 6.61 Å². The van der Waals surface area contributed by atoms with Crippen molar-refractivity contribution in [1.82, 2.24) is 5.32 Å². The predicted molar refractivity (Wildman–Crippen MR) is 115 cm³/mol. The molecule has 0 saturated heterocycles. The van der Waals surface area contributed by atoms with E-state index in [1.54, 1.807) is 0 Å². The van der Waals surface area contributed by atoms with Gasteiger partial charge in [-0.15, -0.1) is 0 Å². The van der Waals surface area contributed by atoms with Crippen molar-refractivity contribution >= 4 is 5.91 Å². The summed E-state index contributed by atoms with van der Waals surface area (Å²) >= 11 is 0. The fourth-order valence-electron chi connectivity index (χ4n) is 3.47. The van der Waals surface area contributed by atoms with Crippen LogP contribution in [0.4, 0.5) is 0 Å². The molecule has 0 aromatic carbocycles. The van der Waals surface area contributed by atoms with Crippen LogP contribution in [-0.4, -0.2) is 34.9 Å². The minimum absolute atomic E-state index is 0.0590. The molecule has 0 spiro atoms. The summed E-state index contributed by atoms with van der Waals surface area (Å²) in [5.41, 5.74) is 0. The van der Waals surface area contributed by atoms with Gasteiger partial charge in [0.15, 0.2) is 0 Å². The molecule has 3 N–H and O–H groups in total.